The zero-order valence-corrected chi connectivity index (χ0v) is 19.3. The van der Waals surface area contributed by atoms with Crippen LogP contribution >= 0.6 is 0 Å². The summed E-state index contributed by atoms with van der Waals surface area (Å²) < 4.78 is 0. The van der Waals surface area contributed by atoms with Crippen molar-refractivity contribution in [1.82, 2.24) is 0 Å². The smallest absolute Gasteiger partial charge is 0.101 e. The number of nitrogens with two attached hydrogens (primary N) is 6. The minimum atomic E-state index is 0.392. The summed E-state index contributed by atoms with van der Waals surface area (Å²) in [4.78, 5) is 0. The molecule has 0 spiro atoms. The lowest BCUT2D eigenvalue weighted by atomic mass is 10.2. The van der Waals surface area contributed by atoms with E-state index in [9.17, 15) is 0 Å². The molecule has 0 heterocycles. The molecule has 0 saturated heterocycles. The molecule has 0 aliphatic heterocycles. The van der Waals surface area contributed by atoms with E-state index in [1.165, 1.54) is 0 Å². The van der Waals surface area contributed by atoms with Crippen LogP contribution in [-0.2, 0) is 0 Å². The minimum absolute atomic E-state index is 0.392. The lowest BCUT2D eigenvalue weighted by molar-refractivity contribution is 1.23. The average Bonchev–Trinajstić information content (AvgIpc) is 2.88. The van der Waals surface area contributed by atoms with Crippen molar-refractivity contribution in [2.75, 3.05) is 34.4 Å². The predicted molar refractivity (Wildman–Crippen MR) is 146 cm³/mol. The molecule has 0 fully saturated rings. The fourth-order valence-electron chi connectivity index (χ4n) is 2.53. The van der Waals surface area contributed by atoms with Crippen molar-refractivity contribution in [1.29, 1.82) is 10.5 Å². The zero-order chi connectivity index (χ0) is 26.5. The van der Waals surface area contributed by atoms with Crippen LogP contribution in [0, 0.1) is 22.7 Å². The second kappa shape index (κ2) is 13.1. The Morgan fingerprint density at radius 1 is 0.444 bits per heavy atom. The van der Waals surface area contributed by atoms with Crippen molar-refractivity contribution < 1.29 is 0 Å². The molecule has 36 heavy (non-hydrogen) atoms. The first kappa shape index (κ1) is 26.5. The molecular weight excluding hydrogens is 452 g/mol. The van der Waals surface area contributed by atoms with Crippen LogP contribution in [0.3, 0.4) is 0 Å². The van der Waals surface area contributed by atoms with E-state index >= 15 is 0 Å². The van der Waals surface area contributed by atoms with Gasteiger partial charge in [-0.25, -0.2) is 0 Å². The molecule has 0 bridgehead atoms. The summed E-state index contributed by atoms with van der Waals surface area (Å²) in [7, 11) is 0. The predicted octanol–water partition coefficient (Wildman–Crippen LogP) is 4.71. The third-order valence-corrected chi connectivity index (χ3v) is 4.47. The van der Waals surface area contributed by atoms with Gasteiger partial charge in [0.15, 0.2) is 0 Å². The first-order valence-electron chi connectivity index (χ1n) is 10.4. The van der Waals surface area contributed by atoms with Gasteiger partial charge in [-0.15, -0.1) is 0 Å². The number of hydrogen-bond acceptors (Lipinski definition) is 10. The molecule has 0 amide bonds. The molecule has 0 unspecified atom stereocenters. The zero-order valence-electron chi connectivity index (χ0n) is 19.3. The van der Waals surface area contributed by atoms with E-state index in [1.54, 1.807) is 84.9 Å². The van der Waals surface area contributed by atoms with E-state index < -0.39 is 0 Å². The number of nitrogen functional groups attached to an aromatic ring is 6. The minimum Gasteiger partial charge on any atom is -0.399 e. The number of benzene rings is 4. The second-order valence-corrected chi connectivity index (χ2v) is 7.30. The maximum absolute atomic E-state index is 8.84. The molecule has 4 aromatic rings. The van der Waals surface area contributed by atoms with Gasteiger partial charge in [0.2, 0.25) is 0 Å². The van der Waals surface area contributed by atoms with Crippen molar-refractivity contribution in [3.05, 3.63) is 96.1 Å². The van der Waals surface area contributed by atoms with E-state index in [1.807, 2.05) is 12.1 Å². The Labute approximate surface area is 209 Å². The molecule has 180 valence electrons. The monoisotopic (exact) mass is 478 g/mol. The quantitative estimate of drug-likeness (QED) is 0.174. The first-order chi connectivity index (χ1) is 17.2. The van der Waals surface area contributed by atoms with Crippen LogP contribution in [-0.4, -0.2) is 0 Å². The van der Waals surface area contributed by atoms with Gasteiger partial charge in [-0.05, 0) is 84.9 Å². The molecule has 0 aromatic heterocycles. The summed E-state index contributed by atoms with van der Waals surface area (Å²) in [5, 5.41) is 25.4. The molecule has 12 N–H and O–H groups in total. The molecule has 0 atom stereocenters. The van der Waals surface area contributed by atoms with Crippen molar-refractivity contribution in [2.24, 2.45) is 10.2 Å². The van der Waals surface area contributed by atoms with Crippen LogP contribution < -0.4 is 34.4 Å². The van der Waals surface area contributed by atoms with E-state index in [0.717, 1.165) is 11.4 Å². The molecule has 0 radical (unpaired) electrons. The van der Waals surface area contributed by atoms with Gasteiger partial charge in [-0.2, -0.15) is 20.8 Å². The van der Waals surface area contributed by atoms with Crippen LogP contribution in [0.4, 0.5) is 45.5 Å². The highest BCUT2D eigenvalue weighted by atomic mass is 15.1. The number of anilines is 6. The van der Waals surface area contributed by atoms with Crippen molar-refractivity contribution in [2.45, 2.75) is 0 Å². The molecule has 0 aliphatic carbocycles. The van der Waals surface area contributed by atoms with Gasteiger partial charge >= 0.3 is 0 Å². The molecule has 10 nitrogen and oxygen atoms in total. The fraction of sp³-hybridized carbons (Fsp3) is 0. The number of azo groups is 1. The third kappa shape index (κ3) is 8.65. The number of nitriles is 2. The SMILES string of the molecule is N#Cc1cc(N)ccc1N.N#Cc1cc(N=Nc2ccc(N)cc2)ccc1N.Nc1ccc(N)cc1. The first-order valence-corrected chi connectivity index (χ1v) is 10.4. The Morgan fingerprint density at radius 3 is 1.28 bits per heavy atom. The summed E-state index contributed by atoms with van der Waals surface area (Å²) in [6.07, 6.45) is 0. The summed E-state index contributed by atoms with van der Waals surface area (Å²) in [6.45, 7) is 0. The van der Waals surface area contributed by atoms with Gasteiger partial charge in [-0.1, -0.05) is 0 Å². The summed E-state index contributed by atoms with van der Waals surface area (Å²) in [5.74, 6) is 0. The Morgan fingerprint density at radius 2 is 0.806 bits per heavy atom. The standard InChI is InChI=1S/C13H11N5.C7H7N3.C6H8N2/c14-8-9-7-12(5-6-13(9)16)18-17-11-3-1-10(15)2-4-11;8-4-5-3-6(9)1-2-7(5)10;7-5-1-2-6(8)4-3-5/h1-7H,15-16H2;1-3H,9-10H2;1-4H,7-8H2. The summed E-state index contributed by atoms with van der Waals surface area (Å²) in [5.41, 5.74) is 38.5. The van der Waals surface area contributed by atoms with Crippen LogP contribution in [0.1, 0.15) is 11.1 Å². The second-order valence-electron chi connectivity index (χ2n) is 7.30. The van der Waals surface area contributed by atoms with Gasteiger partial charge in [0.25, 0.3) is 0 Å². The lowest BCUT2D eigenvalue weighted by Crippen LogP contribution is -1.92. The average molecular weight is 479 g/mol. The van der Waals surface area contributed by atoms with E-state index in [4.69, 9.17) is 44.9 Å². The molecule has 4 rings (SSSR count). The fourth-order valence-corrected chi connectivity index (χ4v) is 2.53. The Kier molecular flexibility index (Phi) is 9.64. The normalized spacial score (nSPS) is 9.61. The van der Waals surface area contributed by atoms with Crippen LogP contribution in [0.5, 0.6) is 0 Å². The van der Waals surface area contributed by atoms with Crippen LogP contribution in [0.25, 0.3) is 0 Å². The van der Waals surface area contributed by atoms with Crippen molar-refractivity contribution >= 4 is 45.5 Å². The number of hydrogen-bond donors (Lipinski definition) is 6. The van der Waals surface area contributed by atoms with Gasteiger partial charge in [-0.3, -0.25) is 0 Å². The maximum Gasteiger partial charge on any atom is 0.101 e. The van der Waals surface area contributed by atoms with Gasteiger partial charge in [0.1, 0.15) is 12.1 Å². The van der Waals surface area contributed by atoms with Crippen molar-refractivity contribution in [3.63, 3.8) is 0 Å². The van der Waals surface area contributed by atoms with Gasteiger partial charge < -0.3 is 34.4 Å². The lowest BCUT2D eigenvalue weighted by Gasteiger charge is -1.98. The largest absolute Gasteiger partial charge is 0.399 e. The van der Waals surface area contributed by atoms with Crippen molar-refractivity contribution in [3.8, 4) is 12.1 Å². The highest BCUT2D eigenvalue weighted by molar-refractivity contribution is 5.61. The maximum atomic E-state index is 8.84. The highest BCUT2D eigenvalue weighted by Gasteiger charge is 1.99. The number of nitrogens with zero attached hydrogens (tertiary/aromatic N) is 4. The summed E-state index contributed by atoms with van der Waals surface area (Å²) >= 11 is 0. The van der Waals surface area contributed by atoms with Crippen LogP contribution in [0.2, 0.25) is 0 Å². The number of rotatable bonds is 2. The van der Waals surface area contributed by atoms with E-state index in [2.05, 4.69) is 10.2 Å². The van der Waals surface area contributed by atoms with Gasteiger partial charge in [0.05, 0.1) is 22.5 Å². The molecule has 0 saturated carbocycles. The van der Waals surface area contributed by atoms with Crippen LogP contribution in [0.15, 0.2) is 95.2 Å². The molecule has 4 aromatic carbocycles. The van der Waals surface area contributed by atoms with E-state index in [0.29, 0.717) is 45.3 Å². The third-order valence-electron chi connectivity index (χ3n) is 4.47. The Balaban J connectivity index is 0.000000213. The van der Waals surface area contributed by atoms with Gasteiger partial charge in [0, 0.05) is 34.1 Å². The Hall–Kier alpha value is -5.74. The highest BCUT2D eigenvalue weighted by Crippen LogP contribution is 2.22. The summed E-state index contributed by atoms with van der Waals surface area (Å²) in [6, 6.07) is 27.8. The molecule has 0 aliphatic rings. The Bertz CT molecular complexity index is 1380. The van der Waals surface area contributed by atoms with E-state index in [-0.39, 0.29) is 0 Å². The molecule has 10 heteroatoms. The topological polar surface area (TPSA) is 228 Å². The molecular formula is C26H26N10.